The standard InChI is InChI=1S/C12H18N2O3S/c1-2-9-5-3-4-6-13(9)10(15)7-14-11(16)8-18-12(14)17/h9H,2-8H2,1H3. The zero-order valence-corrected chi connectivity index (χ0v) is 11.4. The summed E-state index contributed by atoms with van der Waals surface area (Å²) in [4.78, 5) is 38.0. The Kier molecular flexibility index (Phi) is 4.27. The van der Waals surface area contributed by atoms with Gasteiger partial charge >= 0.3 is 0 Å². The molecule has 2 aliphatic rings. The predicted molar refractivity (Wildman–Crippen MR) is 69.2 cm³/mol. The Hall–Kier alpha value is -1.04. The molecule has 6 heteroatoms. The van der Waals surface area contributed by atoms with Gasteiger partial charge in [0, 0.05) is 12.6 Å². The monoisotopic (exact) mass is 270 g/mol. The molecule has 2 saturated heterocycles. The number of likely N-dealkylation sites (tertiary alicyclic amines) is 1. The first kappa shape index (κ1) is 13.4. The first-order valence-electron chi connectivity index (χ1n) is 6.40. The Balaban J connectivity index is 1.98. The molecule has 2 heterocycles. The Morgan fingerprint density at radius 1 is 1.39 bits per heavy atom. The summed E-state index contributed by atoms with van der Waals surface area (Å²) >= 11 is 0.975. The highest BCUT2D eigenvalue weighted by molar-refractivity contribution is 8.14. The van der Waals surface area contributed by atoms with Crippen LogP contribution < -0.4 is 0 Å². The van der Waals surface area contributed by atoms with Crippen molar-refractivity contribution in [3.05, 3.63) is 0 Å². The Bertz CT molecular complexity index is 356. The Morgan fingerprint density at radius 3 is 2.78 bits per heavy atom. The second kappa shape index (κ2) is 5.73. The summed E-state index contributed by atoms with van der Waals surface area (Å²) in [5.74, 6) is -0.169. The van der Waals surface area contributed by atoms with Gasteiger partial charge in [-0.2, -0.15) is 0 Å². The molecular formula is C12H18N2O3S. The fourth-order valence-electron chi connectivity index (χ4n) is 2.51. The normalized spacial score (nSPS) is 24.8. The highest BCUT2D eigenvalue weighted by Gasteiger charge is 2.34. The first-order chi connectivity index (χ1) is 8.63. The van der Waals surface area contributed by atoms with Crippen LogP contribution in [0.4, 0.5) is 4.79 Å². The second-order valence-corrected chi connectivity index (χ2v) is 5.61. The molecule has 0 aromatic carbocycles. The molecule has 18 heavy (non-hydrogen) atoms. The minimum absolute atomic E-state index is 0.0822. The van der Waals surface area contributed by atoms with E-state index in [-0.39, 0.29) is 35.4 Å². The van der Waals surface area contributed by atoms with E-state index in [2.05, 4.69) is 6.92 Å². The van der Waals surface area contributed by atoms with E-state index in [1.54, 1.807) is 0 Å². The van der Waals surface area contributed by atoms with E-state index in [4.69, 9.17) is 0 Å². The van der Waals surface area contributed by atoms with E-state index >= 15 is 0 Å². The molecule has 3 amide bonds. The van der Waals surface area contributed by atoms with E-state index in [0.717, 1.165) is 48.9 Å². The zero-order chi connectivity index (χ0) is 13.1. The molecule has 2 rings (SSSR count). The average molecular weight is 270 g/mol. The molecule has 0 bridgehead atoms. The van der Waals surface area contributed by atoms with E-state index in [0.29, 0.717) is 0 Å². The third kappa shape index (κ3) is 2.68. The molecule has 2 aliphatic heterocycles. The number of amides is 3. The molecule has 0 N–H and O–H groups in total. The quantitative estimate of drug-likeness (QED) is 0.779. The van der Waals surface area contributed by atoms with Gasteiger partial charge in [-0.15, -0.1) is 0 Å². The van der Waals surface area contributed by atoms with E-state index < -0.39 is 0 Å². The van der Waals surface area contributed by atoms with Gasteiger partial charge in [0.05, 0.1) is 5.75 Å². The number of hydrogen-bond donors (Lipinski definition) is 0. The largest absolute Gasteiger partial charge is 0.338 e. The third-order valence-corrected chi connectivity index (χ3v) is 4.41. The number of rotatable bonds is 3. The third-order valence-electron chi connectivity index (χ3n) is 3.55. The van der Waals surface area contributed by atoms with Crippen molar-refractivity contribution in [3.8, 4) is 0 Å². The molecule has 0 aromatic heterocycles. The van der Waals surface area contributed by atoms with Crippen LogP contribution in [0.5, 0.6) is 0 Å². The van der Waals surface area contributed by atoms with Crippen molar-refractivity contribution >= 4 is 28.8 Å². The predicted octanol–water partition coefficient (Wildman–Crippen LogP) is 1.47. The number of imide groups is 1. The number of carbonyl (C=O) groups excluding carboxylic acids is 3. The van der Waals surface area contributed by atoms with E-state index in [9.17, 15) is 14.4 Å². The molecule has 1 atom stereocenters. The minimum Gasteiger partial charge on any atom is -0.338 e. The van der Waals surface area contributed by atoms with Crippen molar-refractivity contribution in [3.63, 3.8) is 0 Å². The van der Waals surface area contributed by atoms with Gasteiger partial charge < -0.3 is 4.90 Å². The van der Waals surface area contributed by atoms with Crippen LogP contribution in [-0.2, 0) is 9.59 Å². The summed E-state index contributed by atoms with van der Waals surface area (Å²) < 4.78 is 0. The van der Waals surface area contributed by atoms with E-state index in [1.165, 1.54) is 0 Å². The molecule has 2 fully saturated rings. The SMILES string of the molecule is CCC1CCCCN1C(=O)CN1C(=O)CSC1=O. The van der Waals surface area contributed by atoms with Crippen LogP contribution in [0.1, 0.15) is 32.6 Å². The maximum atomic E-state index is 12.2. The zero-order valence-electron chi connectivity index (χ0n) is 10.6. The summed E-state index contributed by atoms with van der Waals surface area (Å²) in [6.07, 6.45) is 4.12. The van der Waals surface area contributed by atoms with Crippen molar-refractivity contribution in [2.75, 3.05) is 18.8 Å². The lowest BCUT2D eigenvalue weighted by Gasteiger charge is -2.35. The lowest BCUT2D eigenvalue weighted by Crippen LogP contribution is -2.48. The number of thioether (sulfide) groups is 1. The molecule has 100 valence electrons. The van der Waals surface area contributed by atoms with Gasteiger partial charge in [-0.3, -0.25) is 19.3 Å². The number of hydrogen-bond acceptors (Lipinski definition) is 4. The highest BCUT2D eigenvalue weighted by Crippen LogP contribution is 2.22. The van der Waals surface area contributed by atoms with E-state index in [1.807, 2.05) is 4.90 Å². The molecule has 0 radical (unpaired) electrons. The Morgan fingerprint density at radius 2 is 2.17 bits per heavy atom. The van der Waals surface area contributed by atoms with Gasteiger partial charge in [0.2, 0.25) is 11.8 Å². The lowest BCUT2D eigenvalue weighted by atomic mass is 10.00. The van der Waals surface area contributed by atoms with Crippen LogP contribution in [0.3, 0.4) is 0 Å². The van der Waals surface area contributed by atoms with Crippen LogP contribution in [0.25, 0.3) is 0 Å². The fraction of sp³-hybridized carbons (Fsp3) is 0.750. The number of nitrogens with zero attached hydrogens (tertiary/aromatic N) is 2. The summed E-state index contributed by atoms with van der Waals surface area (Å²) in [5.41, 5.74) is 0. The molecule has 5 nitrogen and oxygen atoms in total. The number of piperidine rings is 1. The first-order valence-corrected chi connectivity index (χ1v) is 7.38. The highest BCUT2D eigenvalue weighted by atomic mass is 32.2. The average Bonchev–Trinajstić information content (AvgIpc) is 2.70. The molecule has 0 saturated carbocycles. The molecule has 0 spiro atoms. The maximum absolute atomic E-state index is 12.2. The molecular weight excluding hydrogens is 252 g/mol. The van der Waals surface area contributed by atoms with Crippen LogP contribution >= 0.6 is 11.8 Å². The minimum atomic E-state index is -0.293. The summed E-state index contributed by atoms with van der Waals surface area (Å²) in [6.45, 7) is 2.74. The summed E-state index contributed by atoms with van der Waals surface area (Å²) in [7, 11) is 0. The number of carbonyl (C=O) groups is 3. The molecule has 0 aromatic rings. The molecule has 1 unspecified atom stereocenters. The van der Waals surface area contributed by atoms with Gasteiger partial charge in [0.15, 0.2) is 0 Å². The van der Waals surface area contributed by atoms with Gasteiger partial charge in [0.1, 0.15) is 6.54 Å². The summed E-state index contributed by atoms with van der Waals surface area (Å²) in [6, 6.07) is 0.270. The topological polar surface area (TPSA) is 57.7 Å². The van der Waals surface area contributed by atoms with Crippen molar-refractivity contribution in [2.24, 2.45) is 0 Å². The van der Waals surface area contributed by atoms with Gasteiger partial charge in [-0.1, -0.05) is 18.7 Å². The van der Waals surface area contributed by atoms with Crippen molar-refractivity contribution in [1.29, 1.82) is 0 Å². The lowest BCUT2D eigenvalue weighted by molar-refractivity contribution is -0.139. The smallest absolute Gasteiger partial charge is 0.289 e. The second-order valence-electron chi connectivity index (χ2n) is 4.68. The van der Waals surface area contributed by atoms with Gasteiger partial charge in [-0.05, 0) is 25.7 Å². The van der Waals surface area contributed by atoms with Crippen LogP contribution in [0, 0.1) is 0 Å². The summed E-state index contributed by atoms with van der Waals surface area (Å²) in [5, 5.41) is -0.293. The van der Waals surface area contributed by atoms with Crippen molar-refractivity contribution in [2.45, 2.75) is 38.6 Å². The van der Waals surface area contributed by atoms with Crippen LogP contribution in [0.2, 0.25) is 0 Å². The van der Waals surface area contributed by atoms with Crippen molar-refractivity contribution in [1.82, 2.24) is 9.80 Å². The van der Waals surface area contributed by atoms with Crippen LogP contribution in [-0.4, -0.2) is 51.7 Å². The maximum Gasteiger partial charge on any atom is 0.289 e. The van der Waals surface area contributed by atoms with Crippen molar-refractivity contribution < 1.29 is 14.4 Å². The van der Waals surface area contributed by atoms with Gasteiger partial charge in [0.25, 0.3) is 5.24 Å². The Labute approximate surface area is 111 Å². The molecule has 0 aliphatic carbocycles. The fourth-order valence-corrected chi connectivity index (χ4v) is 3.24. The van der Waals surface area contributed by atoms with Crippen LogP contribution in [0.15, 0.2) is 0 Å². The van der Waals surface area contributed by atoms with Gasteiger partial charge in [-0.25, -0.2) is 0 Å².